The standard InChI is InChI=1S/C62H44Br2N10O4/c63-45-25-47-37-65-33-41-1-9-51(10-2-41)75-55-17-21-69-59(29-55)60-30-56(18-22-70-60)76-52-11-5-43(6-12-52)35-67-39-49-27-46(64)28-50(74-49)40-68-36-44-7-15-54(16-8-44)78-58-20-24-72-62(32-58)61-31-57(19-23-71-61)77-53-13-3-42(4-14-53)34-66-38-48(26-45)73-47/h1-32,37-40H,33-36H2. The Hall–Kier alpha value is -9.38. The van der Waals surface area contributed by atoms with Crippen molar-refractivity contribution in [3.05, 3.63) is 249 Å². The Balaban J connectivity index is 0.800. The molecule has 0 N–H and O–H groups in total. The van der Waals surface area contributed by atoms with Gasteiger partial charge >= 0.3 is 0 Å². The maximum absolute atomic E-state index is 6.23. The third-order valence-electron chi connectivity index (χ3n) is 11.7. The van der Waals surface area contributed by atoms with Crippen LogP contribution in [0.25, 0.3) is 22.8 Å². The quantitative estimate of drug-likeness (QED) is 0.143. The fourth-order valence-corrected chi connectivity index (χ4v) is 8.91. The zero-order chi connectivity index (χ0) is 52.9. The van der Waals surface area contributed by atoms with Crippen molar-refractivity contribution in [2.45, 2.75) is 26.2 Å². The van der Waals surface area contributed by atoms with Gasteiger partial charge in [-0.2, -0.15) is 0 Å². The topological polar surface area (TPSA) is 164 Å². The lowest BCUT2D eigenvalue weighted by Crippen LogP contribution is -1.96. The summed E-state index contributed by atoms with van der Waals surface area (Å²) in [5, 5.41) is 0. The third kappa shape index (κ3) is 14.1. The number of hydrogen-bond acceptors (Lipinski definition) is 14. The van der Waals surface area contributed by atoms with Crippen molar-refractivity contribution in [2.75, 3.05) is 0 Å². The van der Waals surface area contributed by atoms with E-state index in [9.17, 15) is 0 Å². The highest BCUT2D eigenvalue weighted by Crippen LogP contribution is 2.31. The molecule has 78 heavy (non-hydrogen) atoms. The molecule has 16 heteroatoms. The van der Waals surface area contributed by atoms with Crippen molar-refractivity contribution in [3.8, 4) is 68.8 Å². The summed E-state index contributed by atoms with van der Waals surface area (Å²) >= 11 is 7.24. The number of ether oxygens (including phenoxy) is 4. The van der Waals surface area contributed by atoms with Crippen LogP contribution < -0.4 is 18.9 Å². The molecule has 7 aliphatic rings. The molecule has 0 radical (unpaired) electrons. The van der Waals surface area contributed by atoms with Gasteiger partial charge in [0.05, 0.1) is 71.7 Å². The lowest BCUT2D eigenvalue weighted by atomic mass is 10.2. The molecule has 20 bridgehead atoms. The number of nitrogens with zero attached hydrogens (tertiary/aromatic N) is 10. The molecule has 0 amide bonds. The van der Waals surface area contributed by atoms with Gasteiger partial charge in [-0.1, -0.05) is 80.4 Å². The van der Waals surface area contributed by atoms with Gasteiger partial charge in [-0.15, -0.1) is 0 Å². The molecular weight excluding hydrogens is 1110 g/mol. The minimum Gasteiger partial charge on any atom is -0.457 e. The number of aliphatic imine (C=N–C) groups is 4. The molecule has 4 aromatic carbocycles. The molecule has 0 fully saturated rings. The minimum absolute atomic E-state index is 0.459. The van der Waals surface area contributed by atoms with Crippen molar-refractivity contribution in [1.82, 2.24) is 29.9 Å². The third-order valence-corrected chi connectivity index (χ3v) is 12.7. The van der Waals surface area contributed by atoms with E-state index < -0.39 is 0 Å². The molecule has 0 atom stereocenters. The van der Waals surface area contributed by atoms with Gasteiger partial charge in [-0.3, -0.25) is 39.9 Å². The first-order chi connectivity index (χ1) is 38.3. The molecule has 13 heterocycles. The number of pyridine rings is 6. The molecule has 17 rings (SSSR count). The van der Waals surface area contributed by atoms with Crippen molar-refractivity contribution < 1.29 is 18.9 Å². The lowest BCUT2D eigenvalue weighted by molar-refractivity contribution is 0.480. The minimum atomic E-state index is 0.459. The van der Waals surface area contributed by atoms with Crippen LogP contribution in [0.3, 0.4) is 0 Å². The van der Waals surface area contributed by atoms with E-state index in [-0.39, 0.29) is 0 Å². The van der Waals surface area contributed by atoms with E-state index in [2.05, 4.69) is 71.8 Å². The Labute approximate surface area is 466 Å². The molecule has 7 aliphatic heterocycles. The van der Waals surface area contributed by atoms with Gasteiger partial charge in [0.1, 0.15) is 46.0 Å². The van der Waals surface area contributed by atoms with Crippen molar-refractivity contribution in [1.29, 1.82) is 0 Å². The van der Waals surface area contributed by atoms with Crippen LogP contribution in [0.2, 0.25) is 0 Å². The van der Waals surface area contributed by atoms with Gasteiger partial charge in [-0.25, -0.2) is 9.97 Å². The van der Waals surface area contributed by atoms with Gasteiger partial charge < -0.3 is 18.9 Å². The van der Waals surface area contributed by atoms with E-state index in [0.29, 0.717) is 118 Å². The largest absolute Gasteiger partial charge is 0.457 e. The number of benzene rings is 4. The molecule has 10 aromatic rings. The number of aromatic nitrogens is 6. The van der Waals surface area contributed by atoms with Gasteiger partial charge in [-0.05, 0) is 119 Å². The average molecular weight is 1150 g/mol. The van der Waals surface area contributed by atoms with Crippen LogP contribution in [0.4, 0.5) is 0 Å². The Kier molecular flexibility index (Phi) is 16.0. The van der Waals surface area contributed by atoms with Crippen LogP contribution in [0.1, 0.15) is 45.0 Å². The summed E-state index contributed by atoms with van der Waals surface area (Å²) in [4.78, 5) is 46.4. The second-order valence-electron chi connectivity index (χ2n) is 17.6. The van der Waals surface area contributed by atoms with E-state index in [1.54, 1.807) is 49.6 Å². The first-order valence-corrected chi connectivity index (χ1v) is 26.2. The summed E-state index contributed by atoms with van der Waals surface area (Å²) in [6.07, 6.45) is 13.8. The summed E-state index contributed by atoms with van der Waals surface area (Å²) in [5.74, 6) is 5.18. The Morgan fingerprint density at radius 3 is 0.731 bits per heavy atom. The molecule has 0 aliphatic carbocycles. The summed E-state index contributed by atoms with van der Waals surface area (Å²) in [7, 11) is 0. The van der Waals surface area contributed by atoms with Crippen LogP contribution in [0, 0.1) is 0 Å². The number of halogens is 2. The van der Waals surface area contributed by atoms with Gasteiger partial charge in [0.2, 0.25) is 0 Å². The van der Waals surface area contributed by atoms with E-state index >= 15 is 0 Å². The lowest BCUT2D eigenvalue weighted by Gasteiger charge is -2.09. The fourth-order valence-electron chi connectivity index (χ4n) is 7.97. The maximum Gasteiger partial charge on any atom is 0.131 e. The Morgan fingerprint density at radius 2 is 0.500 bits per heavy atom. The van der Waals surface area contributed by atoms with Crippen LogP contribution in [0.5, 0.6) is 46.0 Å². The molecule has 0 saturated carbocycles. The molecule has 14 nitrogen and oxygen atoms in total. The van der Waals surface area contributed by atoms with Gasteiger partial charge in [0.15, 0.2) is 0 Å². The van der Waals surface area contributed by atoms with Crippen LogP contribution in [-0.4, -0.2) is 54.8 Å². The van der Waals surface area contributed by atoms with Gasteiger partial charge in [0, 0.05) is 82.9 Å². The molecule has 0 saturated heterocycles. The van der Waals surface area contributed by atoms with E-state index in [1.807, 2.05) is 170 Å². The van der Waals surface area contributed by atoms with Crippen molar-refractivity contribution in [2.24, 2.45) is 20.0 Å². The fraction of sp³-hybridized carbons (Fsp3) is 0.0645. The van der Waals surface area contributed by atoms with E-state index in [0.717, 1.165) is 31.2 Å². The summed E-state index contributed by atoms with van der Waals surface area (Å²) in [6, 6.07) is 53.5. The smallest absolute Gasteiger partial charge is 0.131 e. The van der Waals surface area contributed by atoms with Crippen LogP contribution >= 0.6 is 31.9 Å². The second-order valence-corrected chi connectivity index (χ2v) is 19.5. The summed E-state index contributed by atoms with van der Waals surface area (Å²) in [6.45, 7) is 1.84. The highest BCUT2D eigenvalue weighted by Gasteiger charge is 2.11. The highest BCUT2D eigenvalue weighted by molar-refractivity contribution is 9.10. The molecule has 380 valence electrons. The summed E-state index contributed by atoms with van der Waals surface area (Å²) in [5.41, 5.74) is 9.43. The summed E-state index contributed by atoms with van der Waals surface area (Å²) < 4.78 is 26.7. The number of hydrogen-bond donors (Lipinski definition) is 0. The Bertz CT molecular complexity index is 3350. The van der Waals surface area contributed by atoms with Crippen molar-refractivity contribution in [3.63, 3.8) is 0 Å². The van der Waals surface area contributed by atoms with Crippen LogP contribution in [-0.2, 0) is 26.2 Å². The van der Waals surface area contributed by atoms with Crippen molar-refractivity contribution >= 4 is 56.7 Å². The second kappa shape index (κ2) is 24.5. The van der Waals surface area contributed by atoms with E-state index in [1.165, 1.54) is 0 Å². The Morgan fingerprint density at radius 1 is 0.269 bits per heavy atom. The zero-order valence-corrected chi connectivity index (χ0v) is 44.6. The molecule has 6 aromatic heterocycles. The monoisotopic (exact) mass is 1150 g/mol. The highest BCUT2D eigenvalue weighted by atomic mass is 79.9. The first kappa shape index (κ1) is 50.8. The van der Waals surface area contributed by atoms with Gasteiger partial charge in [0.25, 0.3) is 0 Å². The number of rotatable bonds is 0. The molecule has 0 spiro atoms. The zero-order valence-electron chi connectivity index (χ0n) is 41.5. The normalized spacial score (nSPS) is 12.7. The van der Waals surface area contributed by atoms with Crippen LogP contribution in [0.15, 0.2) is 224 Å². The SMILES string of the molecule is Brc1cc2nc(c1)C=NCc1ccc(cc1)Oc1ccnc(c1)-c1cc(ccn1)Oc1ccc(cc1)CN=Cc1cc(Br)cc(n1)C=NCc1ccc(cc1)Oc1ccnc(c1)-c1cc(ccn1)Oc1ccc(cc1)CN=C2. The molecule has 0 unspecified atom stereocenters. The maximum atomic E-state index is 6.23. The van der Waals surface area contributed by atoms with E-state index in [4.69, 9.17) is 28.9 Å². The average Bonchev–Trinajstić information content (AvgIpc) is 3.45. The first-order valence-electron chi connectivity index (χ1n) is 24.6. The molecular formula is C62H44Br2N10O4. The predicted molar refractivity (Wildman–Crippen MR) is 310 cm³/mol. The predicted octanol–water partition coefficient (Wildman–Crippen LogP) is 14.9.